The number of hydrogen-bond donors (Lipinski definition) is 4. The monoisotopic (exact) mass is 1430 g/mol. The Kier molecular flexibility index (Phi) is 22.6. The van der Waals surface area contributed by atoms with Crippen LogP contribution in [0.25, 0.3) is 43.6 Å². The van der Waals surface area contributed by atoms with Crippen molar-refractivity contribution in [3.05, 3.63) is 406 Å². The number of aromatic nitrogens is 4. The third-order valence-electron chi connectivity index (χ3n) is 18.7. The zero-order valence-electron chi connectivity index (χ0n) is 60.4. The molecule has 0 aliphatic rings. The van der Waals surface area contributed by atoms with Crippen LogP contribution in [-0.2, 0) is 26.2 Å². The van der Waals surface area contributed by atoms with E-state index in [-0.39, 0.29) is 29.1 Å². The second-order valence-corrected chi connectivity index (χ2v) is 26.8. The smallest absolute Gasteiger partial charge is 0.258 e. The van der Waals surface area contributed by atoms with Gasteiger partial charge in [0.25, 0.3) is 23.6 Å². The summed E-state index contributed by atoms with van der Waals surface area (Å²) in [5, 5.41) is 15.7. The van der Waals surface area contributed by atoms with Gasteiger partial charge in [0.1, 0.15) is 17.5 Å². The molecule has 0 fully saturated rings. The van der Waals surface area contributed by atoms with E-state index >= 15 is 0 Å². The van der Waals surface area contributed by atoms with Gasteiger partial charge in [-0.3, -0.25) is 19.2 Å². The first kappa shape index (κ1) is 72.8. The fraction of sp³-hybridized carbons (Fsp3) is 0.0968. The molecule has 0 aliphatic heterocycles. The van der Waals surface area contributed by atoms with Crippen molar-refractivity contribution in [3.63, 3.8) is 0 Å². The molecule has 16 aromatic rings. The maximum absolute atomic E-state index is 13.9. The summed E-state index contributed by atoms with van der Waals surface area (Å²) in [6.45, 7) is 13.1. The molecule has 4 amide bonds. The SMILES string of the molecule is Cc1ccc(Cn2cc(NC(=O)c3ccc(F)cc3)c3ccccc32)cc1.Cc1ccc(Cn2cc(NC(=O)c3cccc(F)c3)c3ccccc32)cc1.Cc1ccc(Cn2cc(NC(=O)c3ccccc3C)c3ccccc32)cc1.Cc1ccc(Cn2cc(NC(=O)c3ccccc3F)c3ccccc32)cc1. The highest BCUT2D eigenvalue weighted by atomic mass is 19.1. The highest BCUT2D eigenvalue weighted by Crippen LogP contribution is 2.32. The molecule has 0 radical (unpaired) electrons. The Balaban J connectivity index is 0.000000127. The first-order chi connectivity index (χ1) is 52.4. The van der Waals surface area contributed by atoms with E-state index in [0.29, 0.717) is 47.7 Å². The molecule has 0 atom stereocenters. The Hall–Kier alpha value is -13.5. The van der Waals surface area contributed by atoms with Crippen LogP contribution in [0.3, 0.4) is 0 Å². The number of rotatable bonds is 16. The van der Waals surface area contributed by atoms with E-state index in [1.165, 1.54) is 99.1 Å². The van der Waals surface area contributed by atoms with Gasteiger partial charge in [0.2, 0.25) is 0 Å². The molecule has 0 spiro atoms. The molecule has 0 saturated heterocycles. The highest BCUT2D eigenvalue weighted by Gasteiger charge is 2.19. The normalized spacial score (nSPS) is 10.9. The van der Waals surface area contributed by atoms with Crippen molar-refractivity contribution in [3.8, 4) is 0 Å². The fourth-order valence-corrected chi connectivity index (χ4v) is 12.9. The summed E-state index contributed by atoms with van der Waals surface area (Å²) >= 11 is 0. The second kappa shape index (κ2) is 33.5. The van der Waals surface area contributed by atoms with Gasteiger partial charge in [0.05, 0.1) is 50.4 Å². The van der Waals surface area contributed by atoms with E-state index in [9.17, 15) is 32.3 Å². The molecular weight excluding hydrogens is 1350 g/mol. The quantitative estimate of drug-likeness (QED) is 0.0766. The number of fused-ring (bicyclic) bond motifs is 4. The predicted molar refractivity (Wildman–Crippen MR) is 431 cm³/mol. The lowest BCUT2D eigenvalue weighted by atomic mass is 10.1. The van der Waals surface area contributed by atoms with Gasteiger partial charge in [-0.15, -0.1) is 0 Å². The average molecular weight is 1430 g/mol. The summed E-state index contributed by atoms with van der Waals surface area (Å²) in [5.74, 6) is -2.43. The summed E-state index contributed by atoms with van der Waals surface area (Å²) < 4.78 is 48.9. The number of benzene rings is 12. The average Bonchev–Trinajstić information content (AvgIpc) is 1.66. The van der Waals surface area contributed by atoms with E-state index in [4.69, 9.17) is 0 Å². The fourth-order valence-electron chi connectivity index (χ4n) is 12.9. The Bertz CT molecular complexity index is 5700. The molecule has 4 aromatic heterocycles. The van der Waals surface area contributed by atoms with Crippen LogP contribution in [0.4, 0.5) is 35.9 Å². The Morgan fingerprint density at radius 2 is 0.583 bits per heavy atom. The van der Waals surface area contributed by atoms with Crippen molar-refractivity contribution < 1.29 is 32.3 Å². The summed E-state index contributed by atoms with van der Waals surface area (Å²) in [5.41, 5.74) is 19.3. The first-order valence-electron chi connectivity index (χ1n) is 35.5. The number of nitrogens with one attached hydrogen (secondary N) is 4. The van der Waals surface area contributed by atoms with Crippen LogP contribution in [0.15, 0.2) is 316 Å². The summed E-state index contributed by atoms with van der Waals surface area (Å²) in [6.07, 6.45) is 7.82. The van der Waals surface area contributed by atoms with Crippen LogP contribution in [0.1, 0.15) is 91.5 Å². The molecule has 0 aliphatic carbocycles. The zero-order chi connectivity index (χ0) is 75.2. The number of para-hydroxylation sites is 4. The number of amides is 4. The minimum atomic E-state index is -0.529. The molecule has 0 saturated carbocycles. The Morgan fingerprint density at radius 1 is 0.278 bits per heavy atom. The van der Waals surface area contributed by atoms with E-state index < -0.39 is 17.5 Å². The van der Waals surface area contributed by atoms with E-state index in [1.807, 2.05) is 141 Å². The van der Waals surface area contributed by atoms with Crippen LogP contribution in [-0.4, -0.2) is 41.9 Å². The summed E-state index contributed by atoms with van der Waals surface area (Å²) in [4.78, 5) is 50.3. The number of anilines is 4. The molecule has 4 N–H and O–H groups in total. The summed E-state index contributed by atoms with van der Waals surface area (Å²) in [7, 11) is 0. The lowest BCUT2D eigenvalue weighted by Gasteiger charge is -2.06. The number of carbonyl (C=O) groups is 4. The van der Waals surface area contributed by atoms with Crippen molar-refractivity contribution in [2.24, 2.45) is 0 Å². The molecular formula is C93H79F3N8O4. The molecule has 108 heavy (non-hydrogen) atoms. The standard InChI is InChI=1S/C24H22N2O.3C23H19FN2O/c1-17-11-13-19(14-12-17)15-26-16-22(21-9-5-6-10-23(21)26)25-24(27)20-8-4-3-7-18(20)2;1-16-10-12-17(13-11-16)14-26-15-21(19-7-3-5-9-22(19)26)25-23(27)18-6-2-4-8-20(18)24;1-16-9-11-17(12-10-16)14-26-15-21(20-7-2-3-8-22(20)26)25-23(27)18-5-4-6-19(24)13-18;1-16-6-8-17(9-7-16)14-26-15-21(20-4-2-3-5-22(20)26)25-23(27)18-10-12-19(24)13-11-18/h3-14,16H,15H2,1-2H3,(H,25,27);3*2-13,15H,14H2,1H3,(H,25,27). The number of carbonyl (C=O) groups excluding carboxylic acids is 4. The molecule has 15 heteroatoms. The van der Waals surface area contributed by atoms with Crippen LogP contribution in [0, 0.1) is 52.1 Å². The van der Waals surface area contributed by atoms with Crippen LogP contribution >= 0.6 is 0 Å². The van der Waals surface area contributed by atoms with Gasteiger partial charge in [-0.05, 0) is 147 Å². The van der Waals surface area contributed by atoms with Gasteiger partial charge in [0.15, 0.2) is 0 Å². The maximum Gasteiger partial charge on any atom is 0.258 e. The molecule has 536 valence electrons. The van der Waals surface area contributed by atoms with Crippen LogP contribution in [0.2, 0.25) is 0 Å². The van der Waals surface area contributed by atoms with Crippen molar-refractivity contribution in [1.82, 2.24) is 18.3 Å². The molecule has 0 unspecified atom stereocenters. The van der Waals surface area contributed by atoms with Crippen molar-refractivity contribution in [2.75, 3.05) is 21.3 Å². The van der Waals surface area contributed by atoms with Crippen molar-refractivity contribution >= 4 is 90.0 Å². The zero-order valence-corrected chi connectivity index (χ0v) is 60.4. The van der Waals surface area contributed by atoms with Crippen LogP contribution < -0.4 is 21.3 Å². The lowest BCUT2D eigenvalue weighted by Crippen LogP contribution is -2.13. The maximum atomic E-state index is 13.9. The number of hydrogen-bond acceptors (Lipinski definition) is 4. The number of nitrogens with zero attached hydrogens (tertiary/aromatic N) is 4. The summed E-state index contributed by atoms with van der Waals surface area (Å²) in [6, 6.07) is 90.5. The predicted octanol–water partition coefficient (Wildman–Crippen LogP) is 21.7. The van der Waals surface area contributed by atoms with Gasteiger partial charge >= 0.3 is 0 Å². The van der Waals surface area contributed by atoms with Gasteiger partial charge < -0.3 is 39.5 Å². The molecule has 0 bridgehead atoms. The number of halogens is 3. The molecule has 12 nitrogen and oxygen atoms in total. The Morgan fingerprint density at radius 3 is 0.935 bits per heavy atom. The minimum absolute atomic E-state index is 0.0351. The van der Waals surface area contributed by atoms with Gasteiger partial charge in [0, 0.05) is 89.2 Å². The third-order valence-corrected chi connectivity index (χ3v) is 18.7. The Labute approximate surface area is 625 Å². The van der Waals surface area contributed by atoms with E-state index in [1.54, 1.807) is 18.2 Å². The van der Waals surface area contributed by atoms with Crippen molar-refractivity contribution in [1.29, 1.82) is 0 Å². The second-order valence-electron chi connectivity index (χ2n) is 26.8. The molecule has 12 aromatic carbocycles. The minimum Gasteiger partial charge on any atom is -0.341 e. The third kappa shape index (κ3) is 17.8. The van der Waals surface area contributed by atoms with E-state index in [0.717, 1.165) is 67.1 Å². The van der Waals surface area contributed by atoms with Gasteiger partial charge in [-0.2, -0.15) is 0 Å². The van der Waals surface area contributed by atoms with Gasteiger partial charge in [-0.1, -0.05) is 229 Å². The topological polar surface area (TPSA) is 136 Å². The highest BCUT2D eigenvalue weighted by molar-refractivity contribution is 6.12. The van der Waals surface area contributed by atoms with Gasteiger partial charge in [-0.25, -0.2) is 13.2 Å². The molecule has 16 rings (SSSR count). The lowest BCUT2D eigenvalue weighted by molar-refractivity contribution is 0.101. The molecule has 4 heterocycles. The first-order valence-corrected chi connectivity index (χ1v) is 35.5. The van der Waals surface area contributed by atoms with Crippen molar-refractivity contribution in [2.45, 2.75) is 60.8 Å². The van der Waals surface area contributed by atoms with E-state index in [2.05, 4.69) is 176 Å². The number of aryl methyl sites for hydroxylation is 5. The van der Waals surface area contributed by atoms with Crippen LogP contribution in [0.5, 0.6) is 0 Å². The largest absolute Gasteiger partial charge is 0.341 e.